The number of nitrogens with one attached hydrogen (secondary N) is 2. The molecule has 7 heteroatoms. The Balaban J connectivity index is 1.96. The van der Waals surface area contributed by atoms with E-state index in [0.29, 0.717) is 22.4 Å². The van der Waals surface area contributed by atoms with Gasteiger partial charge in [-0.2, -0.15) is 0 Å². The van der Waals surface area contributed by atoms with Gasteiger partial charge in [0.25, 0.3) is 0 Å². The maximum atomic E-state index is 13.8. The average molecular weight is 367 g/mol. The lowest BCUT2D eigenvalue weighted by Gasteiger charge is -2.21. The first-order valence-electron chi connectivity index (χ1n) is 8.25. The second-order valence-corrected chi connectivity index (χ2v) is 6.26. The van der Waals surface area contributed by atoms with Crippen LogP contribution in [0.5, 0.6) is 0 Å². The normalized spacial score (nSPS) is 13.3. The van der Waals surface area contributed by atoms with Crippen LogP contribution in [0.15, 0.2) is 42.0 Å². The Morgan fingerprint density at radius 1 is 1.30 bits per heavy atom. The number of allylic oxidation sites excluding steroid dienone is 1. The van der Waals surface area contributed by atoms with E-state index in [2.05, 4.69) is 5.32 Å². The highest BCUT2D eigenvalue weighted by Crippen LogP contribution is 2.34. The van der Waals surface area contributed by atoms with Crippen molar-refractivity contribution in [2.75, 3.05) is 12.4 Å². The van der Waals surface area contributed by atoms with E-state index in [4.69, 9.17) is 11.1 Å². The molecular weight excluding hydrogens is 349 g/mol. The number of carbonyl (C=O) groups is 2. The zero-order chi connectivity index (χ0) is 19.7. The van der Waals surface area contributed by atoms with Gasteiger partial charge in [0, 0.05) is 36.7 Å². The first-order chi connectivity index (χ1) is 12.8. The van der Waals surface area contributed by atoms with Crippen molar-refractivity contribution < 1.29 is 19.1 Å². The first-order valence-corrected chi connectivity index (χ1v) is 8.25. The Morgan fingerprint density at radius 2 is 1.96 bits per heavy atom. The summed E-state index contributed by atoms with van der Waals surface area (Å²) in [6.45, 7) is 0. The minimum Gasteiger partial charge on any atom is -0.506 e. The second-order valence-electron chi connectivity index (χ2n) is 6.26. The first kappa shape index (κ1) is 18.3. The lowest BCUT2D eigenvalue weighted by atomic mass is 9.85. The molecule has 1 aliphatic carbocycles. The van der Waals surface area contributed by atoms with E-state index >= 15 is 0 Å². The van der Waals surface area contributed by atoms with E-state index in [1.807, 2.05) is 0 Å². The average Bonchev–Trinajstić information content (AvgIpc) is 2.62. The lowest BCUT2D eigenvalue weighted by Crippen LogP contribution is -2.24. The van der Waals surface area contributed by atoms with Crippen LogP contribution < -0.4 is 11.1 Å². The van der Waals surface area contributed by atoms with Crippen LogP contribution in [0.3, 0.4) is 0 Å². The second kappa shape index (κ2) is 7.03. The fraction of sp³-hybridized carbons (Fsp3) is 0.150. The molecule has 2 aromatic carbocycles. The summed E-state index contributed by atoms with van der Waals surface area (Å²) >= 11 is 0. The molecule has 0 bridgehead atoms. The molecule has 0 aromatic heterocycles. The molecule has 0 radical (unpaired) electrons. The molecule has 0 saturated heterocycles. The van der Waals surface area contributed by atoms with E-state index in [1.54, 1.807) is 31.3 Å². The molecule has 0 fully saturated rings. The fourth-order valence-electron chi connectivity index (χ4n) is 3.14. The van der Waals surface area contributed by atoms with E-state index in [-0.39, 0.29) is 29.8 Å². The Bertz CT molecular complexity index is 994. The largest absolute Gasteiger partial charge is 0.506 e. The van der Waals surface area contributed by atoms with Gasteiger partial charge < -0.3 is 16.2 Å². The number of carbonyl (C=O) groups excluding carboxylic acids is 2. The summed E-state index contributed by atoms with van der Waals surface area (Å²) in [5, 5.41) is 20.7. The number of aliphatic hydroxyl groups excluding tert-OH is 1. The molecule has 27 heavy (non-hydrogen) atoms. The zero-order valence-corrected chi connectivity index (χ0v) is 14.6. The SMILES string of the molecule is CNc1cc(F)cc2c1CC(=O)C(C(=O)Cc1ccc(C(=N)N)cc1)=C2O. The number of rotatable bonds is 5. The van der Waals surface area contributed by atoms with E-state index in [1.165, 1.54) is 6.07 Å². The third kappa shape index (κ3) is 3.44. The van der Waals surface area contributed by atoms with Gasteiger partial charge in [0.1, 0.15) is 23.0 Å². The summed E-state index contributed by atoms with van der Waals surface area (Å²) in [7, 11) is 1.59. The summed E-state index contributed by atoms with van der Waals surface area (Å²) < 4.78 is 13.8. The van der Waals surface area contributed by atoms with Crippen molar-refractivity contribution in [3.8, 4) is 0 Å². The molecule has 0 unspecified atom stereocenters. The van der Waals surface area contributed by atoms with Crippen molar-refractivity contribution in [1.29, 1.82) is 5.41 Å². The predicted octanol–water partition coefficient (Wildman–Crippen LogP) is 2.36. The summed E-state index contributed by atoms with van der Waals surface area (Å²) in [4.78, 5) is 25.1. The number of amidine groups is 1. The van der Waals surface area contributed by atoms with Gasteiger partial charge in [-0.15, -0.1) is 0 Å². The molecule has 5 N–H and O–H groups in total. The van der Waals surface area contributed by atoms with Crippen molar-refractivity contribution in [3.05, 3.63) is 70.0 Å². The maximum Gasteiger partial charge on any atom is 0.174 e. The number of Topliss-reactive ketones (excluding diaryl/α,β-unsaturated/α-hetero) is 2. The van der Waals surface area contributed by atoms with E-state index < -0.39 is 23.1 Å². The summed E-state index contributed by atoms with van der Waals surface area (Å²) in [6, 6.07) is 8.83. The number of hydrogen-bond donors (Lipinski definition) is 4. The Hall–Kier alpha value is -3.48. The van der Waals surface area contributed by atoms with Crippen molar-refractivity contribution in [3.63, 3.8) is 0 Å². The quantitative estimate of drug-likeness (QED) is 0.368. The number of ketones is 2. The number of anilines is 1. The van der Waals surface area contributed by atoms with Gasteiger partial charge >= 0.3 is 0 Å². The highest BCUT2D eigenvalue weighted by atomic mass is 19.1. The topological polar surface area (TPSA) is 116 Å². The molecule has 0 aliphatic heterocycles. The molecule has 138 valence electrons. The van der Waals surface area contributed by atoms with Gasteiger partial charge in [-0.05, 0) is 23.3 Å². The molecule has 3 rings (SSSR count). The number of nitrogen functional groups attached to an aromatic ring is 1. The molecule has 6 nitrogen and oxygen atoms in total. The molecule has 0 spiro atoms. The van der Waals surface area contributed by atoms with E-state index in [0.717, 1.165) is 6.07 Å². The minimum absolute atomic E-state index is 0.0883. The van der Waals surface area contributed by atoms with Crippen molar-refractivity contribution in [2.45, 2.75) is 12.8 Å². The monoisotopic (exact) mass is 367 g/mol. The Morgan fingerprint density at radius 3 is 2.56 bits per heavy atom. The minimum atomic E-state index is -0.578. The van der Waals surface area contributed by atoms with Crippen LogP contribution >= 0.6 is 0 Å². The molecule has 0 amide bonds. The van der Waals surface area contributed by atoms with Crippen LogP contribution in [0, 0.1) is 11.2 Å². The number of benzene rings is 2. The highest BCUT2D eigenvalue weighted by molar-refractivity contribution is 6.27. The summed E-state index contributed by atoms with van der Waals surface area (Å²) in [6.07, 6.45) is -0.201. The molecule has 0 atom stereocenters. The molecule has 2 aromatic rings. The standard InChI is InChI=1S/C20H18FN3O3/c1-24-15-8-12(21)7-14-13(15)9-17(26)18(19(14)27)16(25)6-10-2-4-11(5-3-10)20(22)23/h2-5,7-8,24,27H,6,9H2,1H3,(H3,22,23). The highest BCUT2D eigenvalue weighted by Gasteiger charge is 2.32. The van der Waals surface area contributed by atoms with Gasteiger partial charge in [0.15, 0.2) is 11.6 Å². The number of halogens is 1. The van der Waals surface area contributed by atoms with Gasteiger partial charge in [-0.3, -0.25) is 15.0 Å². The maximum absolute atomic E-state index is 13.8. The molecule has 0 heterocycles. The number of nitrogens with two attached hydrogens (primary N) is 1. The van der Waals surface area contributed by atoms with Crippen LogP contribution in [0.4, 0.5) is 10.1 Å². The number of hydrogen-bond acceptors (Lipinski definition) is 5. The van der Waals surface area contributed by atoms with Crippen LogP contribution in [0.25, 0.3) is 5.76 Å². The van der Waals surface area contributed by atoms with E-state index in [9.17, 15) is 19.1 Å². The molecule has 1 aliphatic rings. The number of aliphatic hydroxyl groups is 1. The smallest absolute Gasteiger partial charge is 0.174 e. The van der Waals surface area contributed by atoms with Crippen LogP contribution in [0.1, 0.15) is 22.3 Å². The van der Waals surface area contributed by atoms with Crippen LogP contribution in [-0.4, -0.2) is 29.6 Å². The van der Waals surface area contributed by atoms with Crippen LogP contribution in [0.2, 0.25) is 0 Å². The fourth-order valence-corrected chi connectivity index (χ4v) is 3.14. The third-order valence-corrected chi connectivity index (χ3v) is 4.50. The Labute approximate surface area is 155 Å². The van der Waals surface area contributed by atoms with Gasteiger partial charge in [-0.25, -0.2) is 4.39 Å². The van der Waals surface area contributed by atoms with Crippen molar-refractivity contribution in [2.24, 2.45) is 5.73 Å². The third-order valence-electron chi connectivity index (χ3n) is 4.50. The van der Waals surface area contributed by atoms with Crippen LogP contribution in [-0.2, 0) is 22.4 Å². The summed E-state index contributed by atoms with van der Waals surface area (Å²) in [5.74, 6) is -2.22. The summed E-state index contributed by atoms with van der Waals surface area (Å²) in [5.41, 5.74) is 7.22. The van der Waals surface area contributed by atoms with Crippen molar-refractivity contribution >= 4 is 28.8 Å². The lowest BCUT2D eigenvalue weighted by molar-refractivity contribution is -0.120. The number of fused-ring (bicyclic) bond motifs is 1. The molecule has 0 saturated carbocycles. The van der Waals surface area contributed by atoms with Crippen molar-refractivity contribution in [1.82, 2.24) is 0 Å². The molecular formula is C20H18FN3O3. The Kier molecular flexibility index (Phi) is 4.77. The predicted molar refractivity (Wildman–Crippen MR) is 100 cm³/mol. The van der Waals surface area contributed by atoms with Gasteiger partial charge in [0.05, 0.1) is 0 Å². The van der Waals surface area contributed by atoms with Gasteiger partial charge in [0.2, 0.25) is 0 Å². The zero-order valence-electron chi connectivity index (χ0n) is 14.6. The van der Waals surface area contributed by atoms with Gasteiger partial charge in [-0.1, -0.05) is 24.3 Å².